The minimum absolute atomic E-state index is 0.0944. The summed E-state index contributed by atoms with van der Waals surface area (Å²) in [5.74, 6) is -0.950. The van der Waals surface area contributed by atoms with Gasteiger partial charge in [0.05, 0.1) is 35.9 Å². The van der Waals surface area contributed by atoms with Gasteiger partial charge >= 0.3 is 5.97 Å². The lowest BCUT2D eigenvalue weighted by molar-refractivity contribution is -0.116. The number of amides is 1. The molecule has 0 saturated heterocycles. The highest BCUT2D eigenvalue weighted by Gasteiger charge is 2.20. The average molecular weight is 500 g/mol. The second-order valence-electron chi connectivity index (χ2n) is 8.20. The highest BCUT2D eigenvalue weighted by molar-refractivity contribution is 6.10. The quantitative estimate of drug-likeness (QED) is 0.290. The molecule has 0 aliphatic rings. The number of fused-ring (bicyclic) bond motifs is 1. The lowest BCUT2D eigenvalue weighted by atomic mass is 10.0. The zero-order chi connectivity index (χ0) is 26.5. The summed E-state index contributed by atoms with van der Waals surface area (Å²) in [6.45, 7) is 3.40. The fraction of sp³-hybridized carbons (Fsp3) is 0.179. The van der Waals surface area contributed by atoms with Gasteiger partial charge in [0.25, 0.3) is 0 Å². The number of hydrogen-bond donors (Lipinski definition) is 1. The van der Waals surface area contributed by atoms with Crippen molar-refractivity contribution in [1.29, 1.82) is 0 Å². The Morgan fingerprint density at radius 2 is 1.70 bits per heavy atom. The van der Waals surface area contributed by atoms with Crippen molar-refractivity contribution in [3.8, 4) is 5.75 Å². The van der Waals surface area contributed by atoms with Crippen molar-refractivity contribution >= 4 is 34.4 Å². The van der Waals surface area contributed by atoms with Crippen molar-refractivity contribution in [2.24, 2.45) is 0 Å². The topological polar surface area (TPSA) is 117 Å². The minimum atomic E-state index is -0.558. The summed E-state index contributed by atoms with van der Waals surface area (Å²) >= 11 is 0. The van der Waals surface area contributed by atoms with Crippen LogP contribution in [0.2, 0.25) is 0 Å². The molecule has 0 unspecified atom stereocenters. The monoisotopic (exact) mass is 499 g/mol. The molecule has 0 bridgehead atoms. The van der Waals surface area contributed by atoms with Crippen LogP contribution < -0.4 is 15.5 Å². The summed E-state index contributed by atoms with van der Waals surface area (Å²) in [5, 5.41) is 2.93. The number of nitrogens with one attached hydrogen (secondary N) is 1. The number of aryl methyl sites for hydroxylation is 1. The van der Waals surface area contributed by atoms with Crippen molar-refractivity contribution in [2.45, 2.75) is 20.4 Å². The summed E-state index contributed by atoms with van der Waals surface area (Å²) in [6, 6.07) is 16.2. The molecule has 188 valence electrons. The molecule has 0 aliphatic carbocycles. The minimum Gasteiger partial charge on any atom is -0.497 e. The number of pyridine rings is 2. The Bertz CT molecular complexity index is 1560. The summed E-state index contributed by atoms with van der Waals surface area (Å²) in [6.07, 6.45) is 1.35. The van der Waals surface area contributed by atoms with Gasteiger partial charge in [-0.2, -0.15) is 0 Å². The maximum atomic E-state index is 13.3. The van der Waals surface area contributed by atoms with Gasteiger partial charge in [0.1, 0.15) is 17.9 Å². The van der Waals surface area contributed by atoms with E-state index in [0.717, 1.165) is 0 Å². The van der Waals surface area contributed by atoms with E-state index in [2.05, 4.69) is 10.3 Å². The lowest BCUT2D eigenvalue weighted by Gasteiger charge is -2.14. The molecular formula is C28H25N3O6. The molecule has 2 aromatic carbocycles. The third-order valence-electron chi connectivity index (χ3n) is 5.67. The molecule has 2 heterocycles. The van der Waals surface area contributed by atoms with Gasteiger partial charge in [-0.3, -0.25) is 14.4 Å². The second-order valence-corrected chi connectivity index (χ2v) is 8.20. The van der Waals surface area contributed by atoms with Gasteiger partial charge < -0.3 is 19.4 Å². The van der Waals surface area contributed by atoms with E-state index in [-0.39, 0.29) is 41.0 Å². The molecule has 0 aliphatic heterocycles. The van der Waals surface area contributed by atoms with Gasteiger partial charge in [0.15, 0.2) is 5.78 Å². The van der Waals surface area contributed by atoms with Crippen molar-refractivity contribution in [2.75, 3.05) is 19.0 Å². The molecule has 9 nitrogen and oxygen atoms in total. The SMILES string of the molecule is CCOC(=O)c1ccccc1NC(=O)Cn1cc(C(=O)c2ccc(OC)cc2)c(=O)c2ccc(C)nc21. The van der Waals surface area contributed by atoms with Crippen LogP contribution in [0.5, 0.6) is 5.75 Å². The molecule has 0 fully saturated rings. The fourth-order valence-corrected chi connectivity index (χ4v) is 3.86. The van der Waals surface area contributed by atoms with E-state index in [9.17, 15) is 19.2 Å². The first-order chi connectivity index (χ1) is 17.8. The number of aromatic nitrogens is 2. The van der Waals surface area contributed by atoms with E-state index < -0.39 is 23.1 Å². The van der Waals surface area contributed by atoms with Crippen LogP contribution in [0.4, 0.5) is 5.69 Å². The predicted octanol–water partition coefficient (Wildman–Crippen LogP) is 3.76. The van der Waals surface area contributed by atoms with Crippen molar-refractivity contribution in [3.05, 3.63) is 99.5 Å². The van der Waals surface area contributed by atoms with Crippen LogP contribution in [0.3, 0.4) is 0 Å². The van der Waals surface area contributed by atoms with Crippen molar-refractivity contribution in [1.82, 2.24) is 9.55 Å². The Balaban J connectivity index is 1.72. The third kappa shape index (κ3) is 5.40. The maximum Gasteiger partial charge on any atom is 0.340 e. The Kier molecular flexibility index (Phi) is 7.43. The maximum absolute atomic E-state index is 13.3. The molecule has 0 saturated carbocycles. The predicted molar refractivity (Wildman–Crippen MR) is 138 cm³/mol. The number of para-hydroxylation sites is 1. The van der Waals surface area contributed by atoms with Gasteiger partial charge in [-0.05, 0) is 62.4 Å². The zero-order valence-corrected chi connectivity index (χ0v) is 20.6. The van der Waals surface area contributed by atoms with Crippen LogP contribution in [0.25, 0.3) is 11.0 Å². The smallest absolute Gasteiger partial charge is 0.340 e. The number of ether oxygens (including phenoxy) is 2. The first-order valence-corrected chi connectivity index (χ1v) is 11.6. The number of anilines is 1. The van der Waals surface area contributed by atoms with Gasteiger partial charge in [0, 0.05) is 17.5 Å². The van der Waals surface area contributed by atoms with Crippen molar-refractivity contribution in [3.63, 3.8) is 0 Å². The highest BCUT2D eigenvalue weighted by Crippen LogP contribution is 2.19. The van der Waals surface area contributed by atoms with Gasteiger partial charge in [-0.15, -0.1) is 0 Å². The Hall–Kier alpha value is -4.79. The largest absolute Gasteiger partial charge is 0.497 e. The van der Waals surface area contributed by atoms with Crippen LogP contribution in [0.15, 0.2) is 71.7 Å². The zero-order valence-electron chi connectivity index (χ0n) is 20.6. The lowest BCUT2D eigenvalue weighted by Crippen LogP contribution is -2.25. The molecule has 1 amide bonds. The normalized spacial score (nSPS) is 10.7. The van der Waals surface area contributed by atoms with E-state index in [0.29, 0.717) is 17.0 Å². The molecule has 2 aromatic heterocycles. The van der Waals surface area contributed by atoms with E-state index in [1.807, 2.05) is 0 Å². The Morgan fingerprint density at radius 1 is 0.973 bits per heavy atom. The van der Waals surface area contributed by atoms with E-state index >= 15 is 0 Å². The Labute approximate surface area is 212 Å². The number of rotatable bonds is 8. The van der Waals surface area contributed by atoms with E-state index in [1.54, 1.807) is 74.5 Å². The van der Waals surface area contributed by atoms with Crippen LogP contribution in [0.1, 0.15) is 38.9 Å². The number of benzene rings is 2. The molecule has 1 N–H and O–H groups in total. The van der Waals surface area contributed by atoms with Gasteiger partial charge in [-0.1, -0.05) is 12.1 Å². The number of methoxy groups -OCH3 is 1. The first kappa shape index (κ1) is 25.3. The molecule has 4 aromatic rings. The van der Waals surface area contributed by atoms with Crippen LogP contribution in [-0.4, -0.2) is 40.9 Å². The van der Waals surface area contributed by atoms with Gasteiger partial charge in [0.2, 0.25) is 11.3 Å². The molecule has 9 heteroatoms. The standard InChI is InChI=1S/C28H25N3O6/c1-4-37-28(35)20-7-5-6-8-23(20)30-24(32)16-31-15-22(25(33)18-10-12-19(36-3)13-11-18)26(34)21-14-9-17(2)29-27(21)31/h5-15H,4,16H2,1-3H3,(H,30,32). The van der Waals surface area contributed by atoms with Crippen LogP contribution >= 0.6 is 0 Å². The molecule has 37 heavy (non-hydrogen) atoms. The average Bonchev–Trinajstić information content (AvgIpc) is 2.90. The highest BCUT2D eigenvalue weighted by atomic mass is 16.5. The number of carbonyl (C=O) groups excluding carboxylic acids is 3. The second kappa shape index (κ2) is 10.9. The van der Waals surface area contributed by atoms with Gasteiger partial charge in [-0.25, -0.2) is 9.78 Å². The van der Waals surface area contributed by atoms with Crippen molar-refractivity contribution < 1.29 is 23.9 Å². The number of hydrogen-bond acceptors (Lipinski definition) is 7. The number of ketones is 1. The summed E-state index contributed by atoms with van der Waals surface area (Å²) < 4.78 is 11.7. The number of nitrogens with zero attached hydrogens (tertiary/aromatic N) is 2. The van der Waals surface area contributed by atoms with E-state index in [4.69, 9.17) is 9.47 Å². The first-order valence-electron chi connectivity index (χ1n) is 11.6. The Morgan fingerprint density at radius 3 is 2.41 bits per heavy atom. The number of carbonyl (C=O) groups is 3. The number of esters is 1. The molecule has 0 radical (unpaired) electrons. The summed E-state index contributed by atoms with van der Waals surface area (Å²) in [5.41, 5.74) is 1.14. The fourth-order valence-electron chi connectivity index (χ4n) is 3.86. The summed E-state index contributed by atoms with van der Waals surface area (Å²) in [4.78, 5) is 56.3. The third-order valence-corrected chi connectivity index (χ3v) is 5.67. The molecule has 0 spiro atoms. The molecule has 4 rings (SSSR count). The molecule has 0 atom stereocenters. The van der Waals surface area contributed by atoms with Crippen LogP contribution in [0, 0.1) is 6.92 Å². The van der Waals surface area contributed by atoms with E-state index in [1.165, 1.54) is 17.9 Å². The molecular weight excluding hydrogens is 474 g/mol. The van der Waals surface area contributed by atoms with Crippen LogP contribution in [-0.2, 0) is 16.1 Å². The summed E-state index contributed by atoms with van der Waals surface area (Å²) in [7, 11) is 1.52.